The second-order valence-corrected chi connectivity index (χ2v) is 5.10. The average Bonchev–Trinajstić information content (AvgIpc) is 2.73. The van der Waals surface area contributed by atoms with Gasteiger partial charge in [0, 0.05) is 19.8 Å². The first-order chi connectivity index (χ1) is 8.58. The van der Waals surface area contributed by atoms with Crippen LogP contribution in [0.25, 0.3) is 0 Å². The van der Waals surface area contributed by atoms with E-state index in [0.29, 0.717) is 4.88 Å². The molecule has 0 atom stereocenters. The van der Waals surface area contributed by atoms with Crippen LogP contribution in [0.4, 0.5) is 10.8 Å². The Bertz CT molecular complexity index is 549. The number of anilines is 2. The van der Waals surface area contributed by atoms with Crippen LogP contribution in [0.2, 0.25) is 0 Å². The molecule has 4 nitrogen and oxygen atoms in total. The minimum Gasteiger partial charge on any atom is -0.354 e. The highest BCUT2D eigenvalue weighted by Gasteiger charge is 2.16. The maximum absolute atomic E-state index is 12.1. The smallest absolute Gasteiger partial charge is 0.267 e. The SMILES string of the molecule is Cc1nc(N(C)C)sc1C(=O)Nc1ccccc1. The lowest BCUT2D eigenvalue weighted by molar-refractivity contribution is 0.103. The number of carbonyl (C=O) groups is 1. The van der Waals surface area contributed by atoms with Crippen molar-refractivity contribution in [1.82, 2.24) is 4.98 Å². The molecule has 0 aliphatic rings. The quantitative estimate of drug-likeness (QED) is 0.924. The summed E-state index contributed by atoms with van der Waals surface area (Å²) in [6.07, 6.45) is 0. The lowest BCUT2D eigenvalue weighted by Gasteiger charge is -2.05. The molecule has 1 N–H and O–H groups in total. The molecular weight excluding hydrogens is 246 g/mol. The Hall–Kier alpha value is -1.88. The van der Waals surface area contributed by atoms with Crippen LogP contribution in [-0.4, -0.2) is 25.0 Å². The lowest BCUT2D eigenvalue weighted by Crippen LogP contribution is -2.11. The molecular formula is C13H15N3OS. The minimum absolute atomic E-state index is 0.107. The highest BCUT2D eigenvalue weighted by atomic mass is 32.1. The molecule has 2 aromatic rings. The van der Waals surface area contributed by atoms with Gasteiger partial charge in [0.05, 0.1) is 5.69 Å². The Balaban J connectivity index is 2.19. The number of thiazole rings is 1. The van der Waals surface area contributed by atoms with E-state index in [0.717, 1.165) is 16.5 Å². The predicted octanol–water partition coefficient (Wildman–Crippen LogP) is 2.77. The molecule has 0 aliphatic heterocycles. The lowest BCUT2D eigenvalue weighted by atomic mass is 10.3. The summed E-state index contributed by atoms with van der Waals surface area (Å²) < 4.78 is 0. The number of hydrogen-bond donors (Lipinski definition) is 1. The monoisotopic (exact) mass is 261 g/mol. The molecule has 1 heterocycles. The molecule has 0 radical (unpaired) electrons. The van der Waals surface area contributed by atoms with E-state index in [2.05, 4.69) is 10.3 Å². The molecule has 0 unspecified atom stereocenters. The second-order valence-electron chi connectivity index (χ2n) is 4.13. The van der Waals surface area contributed by atoms with Gasteiger partial charge >= 0.3 is 0 Å². The summed E-state index contributed by atoms with van der Waals surface area (Å²) in [5.74, 6) is -0.107. The predicted molar refractivity (Wildman–Crippen MR) is 75.6 cm³/mol. The van der Waals surface area contributed by atoms with Gasteiger partial charge in [-0.15, -0.1) is 0 Å². The van der Waals surface area contributed by atoms with E-state index in [-0.39, 0.29) is 5.91 Å². The Morgan fingerprint density at radius 3 is 2.50 bits per heavy atom. The van der Waals surface area contributed by atoms with Crippen molar-refractivity contribution in [2.75, 3.05) is 24.3 Å². The number of aryl methyl sites for hydroxylation is 1. The highest BCUT2D eigenvalue weighted by Crippen LogP contribution is 2.25. The largest absolute Gasteiger partial charge is 0.354 e. The van der Waals surface area contributed by atoms with Crippen molar-refractivity contribution in [3.8, 4) is 0 Å². The summed E-state index contributed by atoms with van der Waals surface area (Å²) >= 11 is 1.40. The van der Waals surface area contributed by atoms with Crippen molar-refractivity contribution in [1.29, 1.82) is 0 Å². The molecule has 2 rings (SSSR count). The van der Waals surface area contributed by atoms with E-state index in [9.17, 15) is 4.79 Å². The van der Waals surface area contributed by atoms with Crippen LogP contribution in [0.5, 0.6) is 0 Å². The molecule has 0 saturated heterocycles. The summed E-state index contributed by atoms with van der Waals surface area (Å²) in [6, 6.07) is 9.42. The van der Waals surface area contributed by atoms with Crippen molar-refractivity contribution in [3.63, 3.8) is 0 Å². The summed E-state index contributed by atoms with van der Waals surface area (Å²) in [5, 5.41) is 3.70. The maximum Gasteiger partial charge on any atom is 0.267 e. The number of amides is 1. The van der Waals surface area contributed by atoms with Gasteiger partial charge in [-0.2, -0.15) is 0 Å². The third-order valence-electron chi connectivity index (χ3n) is 2.41. The Kier molecular flexibility index (Phi) is 3.62. The van der Waals surface area contributed by atoms with Crippen molar-refractivity contribution < 1.29 is 4.79 Å². The van der Waals surface area contributed by atoms with Gasteiger partial charge in [0.2, 0.25) is 0 Å². The van der Waals surface area contributed by atoms with Gasteiger partial charge in [-0.25, -0.2) is 4.98 Å². The first kappa shape index (κ1) is 12.6. The number of nitrogens with one attached hydrogen (secondary N) is 1. The molecule has 1 aromatic carbocycles. The summed E-state index contributed by atoms with van der Waals surface area (Å²) in [5.41, 5.74) is 1.55. The first-order valence-electron chi connectivity index (χ1n) is 5.59. The number of para-hydroxylation sites is 1. The molecule has 0 fully saturated rings. The topological polar surface area (TPSA) is 45.2 Å². The molecule has 1 amide bonds. The van der Waals surface area contributed by atoms with Crippen molar-refractivity contribution >= 4 is 28.1 Å². The molecule has 0 bridgehead atoms. The van der Waals surface area contributed by atoms with Crippen LogP contribution in [0.3, 0.4) is 0 Å². The summed E-state index contributed by atoms with van der Waals surface area (Å²) in [6.45, 7) is 1.85. The van der Waals surface area contributed by atoms with Crippen molar-refractivity contribution in [2.24, 2.45) is 0 Å². The minimum atomic E-state index is -0.107. The van der Waals surface area contributed by atoms with Gasteiger partial charge in [0.15, 0.2) is 5.13 Å². The van der Waals surface area contributed by atoms with Gasteiger partial charge in [-0.3, -0.25) is 4.79 Å². The van der Waals surface area contributed by atoms with Crippen LogP contribution in [0, 0.1) is 6.92 Å². The fourth-order valence-electron chi connectivity index (χ4n) is 1.49. The van der Waals surface area contributed by atoms with Crippen LogP contribution in [0.15, 0.2) is 30.3 Å². The number of rotatable bonds is 3. The zero-order valence-corrected chi connectivity index (χ0v) is 11.4. The Labute approximate surface area is 110 Å². The number of aromatic nitrogens is 1. The van der Waals surface area contributed by atoms with Crippen LogP contribution in [-0.2, 0) is 0 Å². The Morgan fingerprint density at radius 2 is 1.94 bits per heavy atom. The van der Waals surface area contributed by atoms with E-state index in [1.165, 1.54) is 11.3 Å². The zero-order chi connectivity index (χ0) is 13.1. The average molecular weight is 261 g/mol. The summed E-state index contributed by atoms with van der Waals surface area (Å²) in [7, 11) is 3.83. The molecule has 0 aliphatic carbocycles. The molecule has 0 spiro atoms. The Morgan fingerprint density at radius 1 is 1.28 bits per heavy atom. The molecule has 94 valence electrons. The maximum atomic E-state index is 12.1. The van der Waals surface area contributed by atoms with Gasteiger partial charge in [-0.05, 0) is 19.1 Å². The van der Waals surface area contributed by atoms with E-state index in [1.807, 2.05) is 56.3 Å². The molecule has 1 aromatic heterocycles. The van der Waals surface area contributed by atoms with E-state index >= 15 is 0 Å². The fraction of sp³-hybridized carbons (Fsp3) is 0.231. The van der Waals surface area contributed by atoms with Crippen LogP contribution < -0.4 is 10.2 Å². The molecule has 18 heavy (non-hydrogen) atoms. The molecule has 5 heteroatoms. The van der Waals surface area contributed by atoms with E-state index in [4.69, 9.17) is 0 Å². The zero-order valence-electron chi connectivity index (χ0n) is 10.6. The first-order valence-corrected chi connectivity index (χ1v) is 6.40. The van der Waals surface area contributed by atoms with Gasteiger partial charge < -0.3 is 10.2 Å². The van der Waals surface area contributed by atoms with Crippen molar-refractivity contribution in [2.45, 2.75) is 6.92 Å². The standard InChI is InChI=1S/C13H15N3OS/c1-9-11(18-13(14-9)16(2)3)12(17)15-10-7-5-4-6-8-10/h4-8H,1-3H3,(H,15,17). The number of benzene rings is 1. The summed E-state index contributed by atoms with van der Waals surface area (Å²) in [4.78, 5) is 19.0. The third kappa shape index (κ3) is 2.68. The number of carbonyl (C=O) groups excluding carboxylic acids is 1. The van der Waals surface area contributed by atoms with Gasteiger partial charge in [-0.1, -0.05) is 29.5 Å². The molecule has 0 saturated carbocycles. The second kappa shape index (κ2) is 5.18. The third-order valence-corrected chi connectivity index (χ3v) is 3.73. The van der Waals surface area contributed by atoms with Gasteiger partial charge in [0.1, 0.15) is 4.88 Å². The van der Waals surface area contributed by atoms with Crippen LogP contribution >= 0.6 is 11.3 Å². The van der Waals surface area contributed by atoms with Gasteiger partial charge in [0.25, 0.3) is 5.91 Å². The number of nitrogens with zero attached hydrogens (tertiary/aromatic N) is 2. The van der Waals surface area contributed by atoms with Crippen molar-refractivity contribution in [3.05, 3.63) is 40.9 Å². The highest BCUT2D eigenvalue weighted by molar-refractivity contribution is 7.17. The van der Waals surface area contributed by atoms with E-state index < -0.39 is 0 Å². The number of hydrogen-bond acceptors (Lipinski definition) is 4. The van der Waals surface area contributed by atoms with E-state index in [1.54, 1.807) is 0 Å². The fourth-order valence-corrected chi connectivity index (χ4v) is 2.38. The normalized spacial score (nSPS) is 10.2. The van der Waals surface area contributed by atoms with Crippen LogP contribution in [0.1, 0.15) is 15.4 Å².